The van der Waals surface area contributed by atoms with Crippen LogP contribution in [0.1, 0.15) is 0 Å². The minimum Gasteiger partial charge on any atom is -0.497 e. The SMILES string of the molecule is COc1ccc(-c2cnc3ncnn3c2N2CCN(C(=O)Nc3cc(OC)c(OC)c(OC)c3)CC2)cc1. The van der Waals surface area contributed by atoms with Crippen LogP contribution in [0.25, 0.3) is 16.9 Å². The van der Waals surface area contributed by atoms with Gasteiger partial charge in [-0.25, -0.2) is 9.78 Å². The van der Waals surface area contributed by atoms with E-state index < -0.39 is 0 Å². The van der Waals surface area contributed by atoms with Crippen molar-refractivity contribution < 1.29 is 23.7 Å². The molecule has 1 fully saturated rings. The molecular weight excluding hydrogens is 490 g/mol. The van der Waals surface area contributed by atoms with Crippen LogP contribution in [0, 0.1) is 0 Å². The van der Waals surface area contributed by atoms with Gasteiger partial charge >= 0.3 is 6.03 Å². The normalized spacial score (nSPS) is 13.4. The number of hydrogen-bond donors (Lipinski definition) is 1. The number of carbonyl (C=O) groups is 1. The summed E-state index contributed by atoms with van der Waals surface area (Å²) in [6.45, 7) is 2.23. The number of methoxy groups -OCH3 is 4. The molecule has 0 atom stereocenters. The van der Waals surface area contributed by atoms with Crippen molar-refractivity contribution in [1.29, 1.82) is 0 Å². The van der Waals surface area contributed by atoms with Gasteiger partial charge in [0.1, 0.15) is 17.9 Å². The Kier molecular flexibility index (Phi) is 7.03. The summed E-state index contributed by atoms with van der Waals surface area (Å²) in [7, 11) is 6.25. The van der Waals surface area contributed by atoms with Gasteiger partial charge in [0.15, 0.2) is 11.5 Å². The smallest absolute Gasteiger partial charge is 0.321 e. The minimum absolute atomic E-state index is 0.213. The fraction of sp³-hybridized carbons (Fsp3) is 0.308. The molecule has 0 radical (unpaired) electrons. The zero-order valence-corrected chi connectivity index (χ0v) is 21.7. The van der Waals surface area contributed by atoms with Crippen LogP contribution in [0.4, 0.5) is 16.3 Å². The zero-order valence-electron chi connectivity index (χ0n) is 21.7. The van der Waals surface area contributed by atoms with E-state index >= 15 is 0 Å². The Morgan fingerprint density at radius 2 is 1.55 bits per heavy atom. The van der Waals surface area contributed by atoms with E-state index in [2.05, 4.69) is 25.3 Å². The molecule has 2 aromatic heterocycles. The minimum atomic E-state index is -0.213. The van der Waals surface area contributed by atoms with E-state index in [1.807, 2.05) is 30.5 Å². The lowest BCUT2D eigenvalue weighted by molar-refractivity contribution is 0.208. The number of carbonyl (C=O) groups excluding carboxylic acids is 1. The molecule has 1 aliphatic rings. The van der Waals surface area contributed by atoms with Gasteiger partial charge in [0.05, 0.1) is 34.1 Å². The van der Waals surface area contributed by atoms with E-state index in [0.29, 0.717) is 54.9 Å². The van der Waals surface area contributed by atoms with E-state index in [9.17, 15) is 4.79 Å². The molecule has 0 aliphatic carbocycles. The number of anilines is 2. The number of ether oxygens (including phenoxy) is 4. The third kappa shape index (κ3) is 4.67. The van der Waals surface area contributed by atoms with Gasteiger partial charge in [-0.2, -0.15) is 14.6 Å². The molecular formula is C26H29N7O5. The summed E-state index contributed by atoms with van der Waals surface area (Å²) in [5, 5.41) is 7.36. The lowest BCUT2D eigenvalue weighted by Crippen LogP contribution is -2.50. The third-order valence-corrected chi connectivity index (χ3v) is 6.46. The van der Waals surface area contributed by atoms with E-state index in [1.165, 1.54) is 27.7 Å². The number of hydrogen-bond acceptors (Lipinski definition) is 9. The fourth-order valence-electron chi connectivity index (χ4n) is 4.52. The topological polar surface area (TPSA) is 116 Å². The standard InChI is InChI=1S/C26H29N7O5/c1-35-19-7-5-17(6-8-19)20-15-27-25-28-16-29-33(25)24(20)31-9-11-32(12-10-31)26(34)30-18-13-21(36-2)23(38-4)22(14-18)37-3/h5-8,13-16H,9-12H2,1-4H3,(H,30,34). The number of rotatable bonds is 7. The summed E-state index contributed by atoms with van der Waals surface area (Å²) in [6, 6.07) is 11.0. The Hall–Kier alpha value is -4.74. The first-order chi connectivity index (χ1) is 18.6. The second-order valence-corrected chi connectivity index (χ2v) is 8.51. The molecule has 4 aromatic rings. The Morgan fingerprint density at radius 3 is 2.16 bits per heavy atom. The highest BCUT2D eigenvalue weighted by Gasteiger charge is 2.26. The van der Waals surface area contributed by atoms with Crippen LogP contribution in [0.3, 0.4) is 0 Å². The molecule has 1 aliphatic heterocycles. The summed E-state index contributed by atoms with van der Waals surface area (Å²) in [5.41, 5.74) is 2.45. The first-order valence-electron chi connectivity index (χ1n) is 12.0. The van der Waals surface area contributed by atoms with Crippen LogP contribution in [-0.4, -0.2) is 85.1 Å². The average molecular weight is 520 g/mol. The summed E-state index contributed by atoms with van der Waals surface area (Å²) in [5.74, 6) is 3.56. The van der Waals surface area contributed by atoms with Crippen LogP contribution in [0.5, 0.6) is 23.0 Å². The van der Waals surface area contributed by atoms with Crippen molar-refractivity contribution in [2.75, 3.05) is 64.8 Å². The molecule has 0 unspecified atom stereocenters. The molecule has 0 bridgehead atoms. The molecule has 1 N–H and O–H groups in total. The molecule has 2 amide bonds. The Morgan fingerprint density at radius 1 is 0.868 bits per heavy atom. The van der Waals surface area contributed by atoms with Crippen molar-refractivity contribution in [3.05, 3.63) is 48.9 Å². The summed E-state index contributed by atoms with van der Waals surface area (Å²) >= 11 is 0. The molecule has 2 aromatic carbocycles. The molecule has 3 heterocycles. The highest BCUT2D eigenvalue weighted by Crippen LogP contribution is 2.40. The second kappa shape index (κ2) is 10.7. The maximum Gasteiger partial charge on any atom is 0.321 e. The lowest BCUT2D eigenvalue weighted by Gasteiger charge is -2.36. The third-order valence-electron chi connectivity index (χ3n) is 6.46. The lowest BCUT2D eigenvalue weighted by atomic mass is 10.1. The summed E-state index contributed by atoms with van der Waals surface area (Å²) in [6.07, 6.45) is 3.30. The van der Waals surface area contributed by atoms with E-state index in [-0.39, 0.29) is 6.03 Å². The summed E-state index contributed by atoms with van der Waals surface area (Å²) < 4.78 is 23.2. The van der Waals surface area contributed by atoms with Crippen molar-refractivity contribution in [3.63, 3.8) is 0 Å². The number of piperazine rings is 1. The maximum absolute atomic E-state index is 13.1. The number of aromatic nitrogens is 4. The van der Waals surface area contributed by atoms with E-state index in [4.69, 9.17) is 18.9 Å². The Balaban J connectivity index is 1.34. The van der Waals surface area contributed by atoms with Gasteiger partial charge in [-0.3, -0.25) is 0 Å². The van der Waals surface area contributed by atoms with Crippen LogP contribution in [0.2, 0.25) is 0 Å². The van der Waals surface area contributed by atoms with Gasteiger partial charge < -0.3 is 34.1 Å². The quantitative estimate of drug-likeness (QED) is 0.393. The molecule has 198 valence electrons. The van der Waals surface area contributed by atoms with Gasteiger partial charge in [0.2, 0.25) is 5.75 Å². The first-order valence-corrected chi connectivity index (χ1v) is 12.0. The van der Waals surface area contributed by atoms with Gasteiger partial charge in [-0.05, 0) is 17.7 Å². The van der Waals surface area contributed by atoms with E-state index in [0.717, 1.165) is 22.7 Å². The Labute approximate surface area is 219 Å². The average Bonchev–Trinajstić information content (AvgIpc) is 3.45. The van der Waals surface area contributed by atoms with Crippen LogP contribution in [0.15, 0.2) is 48.9 Å². The number of nitrogens with one attached hydrogen (secondary N) is 1. The summed E-state index contributed by atoms with van der Waals surface area (Å²) in [4.78, 5) is 25.8. The zero-order chi connectivity index (χ0) is 26.6. The fourth-order valence-corrected chi connectivity index (χ4v) is 4.52. The van der Waals surface area contributed by atoms with Crippen molar-refractivity contribution in [1.82, 2.24) is 24.5 Å². The number of amides is 2. The monoisotopic (exact) mass is 519 g/mol. The van der Waals surface area contributed by atoms with Gasteiger partial charge in [0.25, 0.3) is 5.78 Å². The number of fused-ring (bicyclic) bond motifs is 1. The van der Waals surface area contributed by atoms with Crippen LogP contribution >= 0.6 is 0 Å². The Bertz CT molecular complexity index is 1410. The number of nitrogens with zero attached hydrogens (tertiary/aromatic N) is 6. The molecule has 0 saturated carbocycles. The number of urea groups is 1. The second-order valence-electron chi connectivity index (χ2n) is 8.51. The predicted octanol–water partition coefficient (Wildman–Crippen LogP) is 3.18. The predicted molar refractivity (Wildman–Crippen MR) is 142 cm³/mol. The van der Waals surface area contributed by atoms with Crippen LogP contribution in [-0.2, 0) is 0 Å². The van der Waals surface area contributed by atoms with Gasteiger partial charge in [-0.15, -0.1) is 0 Å². The molecule has 12 heteroatoms. The number of benzene rings is 2. The van der Waals surface area contributed by atoms with Gasteiger partial charge in [0, 0.05) is 50.1 Å². The van der Waals surface area contributed by atoms with Crippen molar-refractivity contribution in [2.24, 2.45) is 0 Å². The molecule has 12 nitrogen and oxygen atoms in total. The highest BCUT2D eigenvalue weighted by atomic mass is 16.5. The molecule has 0 spiro atoms. The molecule has 5 rings (SSSR count). The van der Waals surface area contributed by atoms with E-state index in [1.54, 1.807) is 28.7 Å². The van der Waals surface area contributed by atoms with Crippen molar-refractivity contribution in [3.8, 4) is 34.1 Å². The van der Waals surface area contributed by atoms with Gasteiger partial charge in [-0.1, -0.05) is 12.1 Å². The molecule has 1 saturated heterocycles. The molecule has 38 heavy (non-hydrogen) atoms. The maximum atomic E-state index is 13.1. The first kappa shape index (κ1) is 24.9. The van der Waals surface area contributed by atoms with Crippen molar-refractivity contribution in [2.45, 2.75) is 0 Å². The largest absolute Gasteiger partial charge is 0.497 e. The highest BCUT2D eigenvalue weighted by molar-refractivity contribution is 5.90. The van der Waals surface area contributed by atoms with Crippen LogP contribution < -0.4 is 29.2 Å². The van der Waals surface area contributed by atoms with Crippen molar-refractivity contribution >= 4 is 23.3 Å².